The van der Waals surface area contributed by atoms with Gasteiger partial charge in [0.05, 0.1) is 0 Å². The molecule has 0 radical (unpaired) electrons. The summed E-state index contributed by atoms with van der Waals surface area (Å²) in [6.07, 6.45) is 4.13. The lowest BCUT2D eigenvalue weighted by atomic mass is 9.98. The molecule has 100 valence electrons. The molecule has 0 heterocycles. The lowest BCUT2D eigenvalue weighted by Gasteiger charge is -2.15. The molecule has 0 spiro atoms. The van der Waals surface area contributed by atoms with E-state index in [0.29, 0.717) is 0 Å². The number of nitrogens with one attached hydrogen (secondary N) is 1. The van der Waals surface area contributed by atoms with Gasteiger partial charge in [-0.05, 0) is 37.5 Å². The second kappa shape index (κ2) is 7.57. The average Bonchev–Trinajstić information content (AvgIpc) is 2.35. The van der Waals surface area contributed by atoms with Crippen molar-refractivity contribution in [2.45, 2.75) is 46.5 Å². The molecule has 0 aliphatic carbocycles. The van der Waals surface area contributed by atoms with Crippen molar-refractivity contribution in [2.75, 3.05) is 5.32 Å². The van der Waals surface area contributed by atoms with Crippen LogP contribution in [0.5, 0.6) is 0 Å². The summed E-state index contributed by atoms with van der Waals surface area (Å²) in [5.74, 6) is 0.270. The van der Waals surface area contributed by atoms with E-state index in [1.807, 2.05) is 25.1 Å². The van der Waals surface area contributed by atoms with E-state index in [1.54, 1.807) is 0 Å². The molecular formula is C15H22BrNO. The van der Waals surface area contributed by atoms with E-state index in [1.165, 1.54) is 5.56 Å². The number of rotatable bonds is 6. The third kappa shape index (κ3) is 4.45. The molecular weight excluding hydrogens is 290 g/mol. The molecule has 1 atom stereocenters. The Balaban J connectivity index is 2.64. The van der Waals surface area contributed by atoms with Crippen LogP contribution in [0.2, 0.25) is 0 Å². The summed E-state index contributed by atoms with van der Waals surface area (Å²) < 4.78 is 1.03. The molecule has 1 amide bonds. The molecule has 1 aromatic rings. The van der Waals surface area contributed by atoms with E-state index < -0.39 is 0 Å². The molecule has 1 aromatic carbocycles. The molecule has 0 saturated carbocycles. The number of aryl methyl sites for hydroxylation is 1. The van der Waals surface area contributed by atoms with E-state index >= 15 is 0 Å². The second-order valence-electron chi connectivity index (χ2n) is 4.70. The molecule has 1 unspecified atom stereocenters. The van der Waals surface area contributed by atoms with E-state index in [0.717, 1.165) is 35.8 Å². The van der Waals surface area contributed by atoms with Crippen LogP contribution in [0.25, 0.3) is 0 Å². The van der Waals surface area contributed by atoms with Crippen molar-refractivity contribution >= 4 is 27.5 Å². The first-order chi connectivity index (χ1) is 8.58. The third-order valence-corrected chi connectivity index (χ3v) is 4.06. The molecule has 1 N–H and O–H groups in total. The fraction of sp³-hybridized carbons (Fsp3) is 0.533. The second-order valence-corrected chi connectivity index (χ2v) is 5.55. The normalized spacial score (nSPS) is 12.2. The van der Waals surface area contributed by atoms with Gasteiger partial charge in [-0.3, -0.25) is 4.79 Å². The van der Waals surface area contributed by atoms with Gasteiger partial charge in [-0.15, -0.1) is 0 Å². The van der Waals surface area contributed by atoms with Gasteiger partial charge < -0.3 is 5.32 Å². The monoisotopic (exact) mass is 311 g/mol. The zero-order chi connectivity index (χ0) is 13.5. The van der Waals surface area contributed by atoms with Crippen molar-refractivity contribution in [3.05, 3.63) is 28.2 Å². The predicted molar refractivity (Wildman–Crippen MR) is 80.8 cm³/mol. The van der Waals surface area contributed by atoms with Crippen LogP contribution < -0.4 is 5.32 Å². The summed E-state index contributed by atoms with van der Waals surface area (Å²) in [6, 6.07) is 5.91. The Morgan fingerprint density at radius 1 is 1.39 bits per heavy atom. The largest absolute Gasteiger partial charge is 0.326 e. The maximum atomic E-state index is 12.1. The van der Waals surface area contributed by atoms with E-state index in [-0.39, 0.29) is 11.8 Å². The summed E-state index contributed by atoms with van der Waals surface area (Å²) in [4.78, 5) is 12.1. The number of carbonyl (C=O) groups excluding carboxylic acids is 1. The molecule has 2 nitrogen and oxygen atoms in total. The zero-order valence-electron chi connectivity index (χ0n) is 11.4. The Hall–Kier alpha value is -0.830. The minimum atomic E-state index is 0.130. The maximum absolute atomic E-state index is 12.1. The third-order valence-electron chi connectivity index (χ3n) is 3.21. The fourth-order valence-electron chi connectivity index (χ4n) is 1.89. The van der Waals surface area contributed by atoms with Crippen molar-refractivity contribution in [3.8, 4) is 0 Å². The van der Waals surface area contributed by atoms with E-state index in [4.69, 9.17) is 0 Å². The van der Waals surface area contributed by atoms with Crippen LogP contribution >= 0.6 is 15.9 Å². The number of amides is 1. The number of hydrogen-bond acceptors (Lipinski definition) is 1. The quantitative estimate of drug-likeness (QED) is 0.794. The Labute approximate surface area is 118 Å². The predicted octanol–water partition coefficient (Wildman–Crippen LogP) is 4.91. The fourth-order valence-corrected chi connectivity index (χ4v) is 2.26. The first kappa shape index (κ1) is 15.2. The lowest BCUT2D eigenvalue weighted by Crippen LogP contribution is -2.22. The van der Waals surface area contributed by atoms with Crippen LogP contribution in [0.3, 0.4) is 0 Å². The molecule has 0 aromatic heterocycles. The molecule has 0 aliphatic rings. The first-order valence-corrected chi connectivity index (χ1v) is 7.44. The van der Waals surface area contributed by atoms with Crippen molar-refractivity contribution in [2.24, 2.45) is 5.92 Å². The van der Waals surface area contributed by atoms with Crippen LogP contribution in [0, 0.1) is 12.8 Å². The molecule has 0 aliphatic heterocycles. The SMILES string of the molecule is CCCCC(CC)C(=O)Nc1ccc(C)c(Br)c1. The minimum Gasteiger partial charge on any atom is -0.326 e. The van der Waals surface area contributed by atoms with Gasteiger partial charge in [-0.2, -0.15) is 0 Å². The highest BCUT2D eigenvalue weighted by molar-refractivity contribution is 9.10. The standard InChI is InChI=1S/C15H22BrNO/c1-4-6-7-12(5-2)15(18)17-13-9-8-11(3)14(16)10-13/h8-10,12H,4-7H2,1-3H3,(H,17,18). The van der Waals surface area contributed by atoms with Gasteiger partial charge in [0.25, 0.3) is 0 Å². The number of halogens is 1. The van der Waals surface area contributed by atoms with E-state index in [2.05, 4.69) is 35.1 Å². The summed E-state index contributed by atoms with van der Waals surface area (Å²) in [6.45, 7) is 6.26. The molecule has 18 heavy (non-hydrogen) atoms. The highest BCUT2D eigenvalue weighted by Crippen LogP contribution is 2.22. The van der Waals surface area contributed by atoms with Crippen LogP contribution in [0.15, 0.2) is 22.7 Å². The lowest BCUT2D eigenvalue weighted by molar-refractivity contribution is -0.120. The van der Waals surface area contributed by atoms with E-state index in [9.17, 15) is 4.79 Å². The van der Waals surface area contributed by atoms with Crippen molar-refractivity contribution in [1.82, 2.24) is 0 Å². The van der Waals surface area contributed by atoms with Gasteiger partial charge in [0, 0.05) is 16.1 Å². The summed E-state index contributed by atoms with van der Waals surface area (Å²) >= 11 is 3.48. The minimum absolute atomic E-state index is 0.130. The van der Waals surface area contributed by atoms with Gasteiger partial charge in [-0.1, -0.05) is 48.7 Å². The number of unbranched alkanes of at least 4 members (excludes halogenated alkanes) is 1. The Morgan fingerprint density at radius 2 is 2.11 bits per heavy atom. The summed E-state index contributed by atoms with van der Waals surface area (Å²) in [5.41, 5.74) is 2.04. The first-order valence-electron chi connectivity index (χ1n) is 6.65. The van der Waals surface area contributed by atoms with Crippen LogP contribution in [0.1, 0.15) is 45.1 Å². The molecule has 3 heteroatoms. The molecule has 0 bridgehead atoms. The molecule has 1 rings (SSSR count). The Morgan fingerprint density at radius 3 is 2.67 bits per heavy atom. The molecule has 0 saturated heterocycles. The van der Waals surface area contributed by atoms with Crippen LogP contribution in [0.4, 0.5) is 5.69 Å². The van der Waals surface area contributed by atoms with Crippen LogP contribution in [-0.4, -0.2) is 5.91 Å². The summed E-state index contributed by atoms with van der Waals surface area (Å²) in [7, 11) is 0. The maximum Gasteiger partial charge on any atom is 0.227 e. The average molecular weight is 312 g/mol. The Bertz CT molecular complexity index is 403. The summed E-state index contributed by atoms with van der Waals surface area (Å²) in [5, 5.41) is 3.00. The van der Waals surface area contributed by atoms with Gasteiger partial charge in [-0.25, -0.2) is 0 Å². The number of benzene rings is 1. The highest BCUT2D eigenvalue weighted by Gasteiger charge is 2.15. The zero-order valence-corrected chi connectivity index (χ0v) is 13.0. The highest BCUT2D eigenvalue weighted by atomic mass is 79.9. The van der Waals surface area contributed by atoms with Crippen molar-refractivity contribution < 1.29 is 4.79 Å². The molecule has 0 fully saturated rings. The van der Waals surface area contributed by atoms with Gasteiger partial charge in [0.2, 0.25) is 5.91 Å². The van der Waals surface area contributed by atoms with Crippen molar-refractivity contribution in [3.63, 3.8) is 0 Å². The smallest absolute Gasteiger partial charge is 0.227 e. The van der Waals surface area contributed by atoms with Gasteiger partial charge in [0.1, 0.15) is 0 Å². The number of hydrogen-bond donors (Lipinski definition) is 1. The Kier molecular flexibility index (Phi) is 6.41. The number of anilines is 1. The van der Waals surface area contributed by atoms with Crippen LogP contribution in [-0.2, 0) is 4.79 Å². The number of carbonyl (C=O) groups is 1. The van der Waals surface area contributed by atoms with Gasteiger partial charge >= 0.3 is 0 Å². The van der Waals surface area contributed by atoms with Gasteiger partial charge in [0.15, 0.2) is 0 Å². The van der Waals surface area contributed by atoms with Crippen molar-refractivity contribution in [1.29, 1.82) is 0 Å². The topological polar surface area (TPSA) is 29.1 Å².